The minimum absolute atomic E-state index is 0.208. The molecule has 1 aromatic carbocycles. The fraction of sp³-hybridized carbons (Fsp3) is 0.214. The van der Waals surface area contributed by atoms with E-state index < -0.39 is 0 Å². The summed E-state index contributed by atoms with van der Waals surface area (Å²) in [4.78, 5) is 5.31. The largest absolute Gasteiger partial charge is 0.423 e. The fourth-order valence-corrected chi connectivity index (χ4v) is 2.58. The lowest BCUT2D eigenvalue weighted by molar-refractivity contribution is 0.568. The number of aryl methyl sites for hydroxylation is 1. The zero-order valence-electron chi connectivity index (χ0n) is 11.2. The molecule has 0 aliphatic carbocycles. The molecule has 5 nitrogen and oxygen atoms in total. The first kappa shape index (κ1) is 12.8. The standard InChI is InChI=1S/C14H14N4OS/c1-9-3-4-11(14-18-16-7-19-14)5-12(9)17-10(2)13-6-15-8-20-13/h3-8,10,17H,1-2H3. The van der Waals surface area contributed by atoms with Crippen molar-refractivity contribution in [3.05, 3.63) is 46.7 Å². The van der Waals surface area contributed by atoms with Crippen LogP contribution in [0, 0.1) is 6.92 Å². The van der Waals surface area contributed by atoms with E-state index in [-0.39, 0.29) is 6.04 Å². The van der Waals surface area contributed by atoms with Crippen molar-refractivity contribution in [1.29, 1.82) is 0 Å². The molecule has 2 aromatic heterocycles. The van der Waals surface area contributed by atoms with Crippen LogP contribution < -0.4 is 5.32 Å². The number of hydrogen-bond acceptors (Lipinski definition) is 6. The molecule has 0 fully saturated rings. The van der Waals surface area contributed by atoms with Crippen molar-refractivity contribution in [3.63, 3.8) is 0 Å². The highest BCUT2D eigenvalue weighted by atomic mass is 32.1. The van der Waals surface area contributed by atoms with Gasteiger partial charge in [-0.25, -0.2) is 0 Å². The normalized spacial score (nSPS) is 12.3. The van der Waals surface area contributed by atoms with Gasteiger partial charge in [0.25, 0.3) is 0 Å². The zero-order chi connectivity index (χ0) is 13.9. The number of nitrogens with one attached hydrogen (secondary N) is 1. The summed E-state index contributed by atoms with van der Waals surface area (Å²) in [7, 11) is 0. The number of benzene rings is 1. The maximum Gasteiger partial charge on any atom is 0.247 e. The molecule has 3 aromatic rings. The van der Waals surface area contributed by atoms with E-state index in [0.717, 1.165) is 11.3 Å². The molecule has 0 saturated heterocycles. The smallest absolute Gasteiger partial charge is 0.247 e. The first-order valence-corrected chi connectivity index (χ1v) is 7.14. The number of anilines is 1. The number of hydrogen-bond donors (Lipinski definition) is 1. The van der Waals surface area contributed by atoms with E-state index in [1.807, 2.05) is 29.9 Å². The molecule has 0 aliphatic rings. The molecular formula is C14H14N4OS. The highest BCUT2D eigenvalue weighted by Gasteiger charge is 2.11. The van der Waals surface area contributed by atoms with Gasteiger partial charge < -0.3 is 9.73 Å². The summed E-state index contributed by atoms with van der Waals surface area (Å²) in [6.07, 6.45) is 3.22. The van der Waals surface area contributed by atoms with E-state index in [1.54, 1.807) is 11.3 Å². The van der Waals surface area contributed by atoms with Crippen LogP contribution in [0.4, 0.5) is 5.69 Å². The molecule has 102 valence electrons. The molecule has 3 rings (SSSR count). The Labute approximate surface area is 120 Å². The van der Waals surface area contributed by atoms with Crippen LogP contribution in [0.5, 0.6) is 0 Å². The highest BCUT2D eigenvalue weighted by Crippen LogP contribution is 2.28. The Bertz CT molecular complexity index is 679. The van der Waals surface area contributed by atoms with Crippen molar-refractivity contribution in [1.82, 2.24) is 15.2 Å². The third kappa shape index (κ3) is 2.55. The number of rotatable bonds is 4. The van der Waals surface area contributed by atoms with E-state index in [1.165, 1.54) is 16.8 Å². The van der Waals surface area contributed by atoms with E-state index in [2.05, 4.69) is 34.3 Å². The minimum Gasteiger partial charge on any atom is -0.423 e. The predicted molar refractivity (Wildman–Crippen MR) is 78.6 cm³/mol. The molecule has 1 unspecified atom stereocenters. The Morgan fingerprint density at radius 3 is 2.95 bits per heavy atom. The van der Waals surface area contributed by atoms with Crippen molar-refractivity contribution < 1.29 is 4.42 Å². The number of aromatic nitrogens is 3. The molecule has 0 spiro atoms. The van der Waals surface area contributed by atoms with Crippen LogP contribution in [0.2, 0.25) is 0 Å². The van der Waals surface area contributed by atoms with Gasteiger partial charge in [0, 0.05) is 22.3 Å². The second kappa shape index (κ2) is 5.42. The topological polar surface area (TPSA) is 63.8 Å². The summed E-state index contributed by atoms with van der Waals surface area (Å²) in [5, 5.41) is 11.1. The summed E-state index contributed by atoms with van der Waals surface area (Å²) < 4.78 is 5.23. The lowest BCUT2D eigenvalue weighted by atomic mass is 10.1. The van der Waals surface area contributed by atoms with Crippen LogP contribution in [0.3, 0.4) is 0 Å². The second-order valence-electron chi connectivity index (χ2n) is 4.54. The Kier molecular flexibility index (Phi) is 3.47. The van der Waals surface area contributed by atoms with Gasteiger partial charge in [-0.1, -0.05) is 6.07 Å². The predicted octanol–water partition coefficient (Wildman–Crippen LogP) is 3.67. The van der Waals surface area contributed by atoms with Crippen molar-refractivity contribution in [2.45, 2.75) is 19.9 Å². The third-order valence-corrected chi connectivity index (χ3v) is 4.05. The average Bonchev–Trinajstić information content (AvgIpc) is 3.14. The van der Waals surface area contributed by atoms with Crippen molar-refractivity contribution in [3.8, 4) is 11.5 Å². The number of nitrogens with zero attached hydrogens (tertiary/aromatic N) is 3. The van der Waals surface area contributed by atoms with Crippen molar-refractivity contribution in [2.24, 2.45) is 0 Å². The molecule has 1 N–H and O–H groups in total. The molecule has 6 heteroatoms. The lowest BCUT2D eigenvalue weighted by Gasteiger charge is -2.16. The van der Waals surface area contributed by atoms with Gasteiger partial charge in [0.1, 0.15) is 0 Å². The molecule has 1 atom stereocenters. The summed E-state index contributed by atoms with van der Waals surface area (Å²) in [5.74, 6) is 0.526. The van der Waals surface area contributed by atoms with Crippen LogP contribution in [0.15, 0.2) is 40.7 Å². The van der Waals surface area contributed by atoms with Gasteiger partial charge in [-0.05, 0) is 31.5 Å². The van der Waals surface area contributed by atoms with Crippen LogP contribution in [0.1, 0.15) is 23.4 Å². The monoisotopic (exact) mass is 286 g/mol. The van der Waals surface area contributed by atoms with Crippen LogP contribution in [-0.2, 0) is 0 Å². The van der Waals surface area contributed by atoms with E-state index >= 15 is 0 Å². The SMILES string of the molecule is Cc1ccc(-c2nnco2)cc1NC(C)c1cncs1. The van der Waals surface area contributed by atoms with Gasteiger partial charge in [-0.2, -0.15) is 0 Å². The molecule has 20 heavy (non-hydrogen) atoms. The number of thiazole rings is 1. The Morgan fingerprint density at radius 2 is 2.25 bits per heavy atom. The first-order valence-electron chi connectivity index (χ1n) is 6.26. The van der Waals surface area contributed by atoms with Crippen LogP contribution >= 0.6 is 11.3 Å². The summed E-state index contributed by atoms with van der Waals surface area (Å²) >= 11 is 1.64. The van der Waals surface area contributed by atoms with Crippen LogP contribution in [-0.4, -0.2) is 15.2 Å². The van der Waals surface area contributed by atoms with Gasteiger partial charge in [-0.3, -0.25) is 4.98 Å². The summed E-state index contributed by atoms with van der Waals surface area (Å²) in [6, 6.07) is 6.26. The maximum absolute atomic E-state index is 5.23. The van der Waals surface area contributed by atoms with E-state index in [0.29, 0.717) is 5.89 Å². The maximum atomic E-state index is 5.23. The molecule has 0 saturated carbocycles. The molecule has 0 radical (unpaired) electrons. The van der Waals surface area contributed by atoms with E-state index in [4.69, 9.17) is 4.42 Å². The first-order chi connectivity index (χ1) is 9.74. The Hall–Kier alpha value is -2.21. The molecule has 2 heterocycles. The van der Waals surface area contributed by atoms with E-state index in [9.17, 15) is 0 Å². The van der Waals surface area contributed by atoms with Gasteiger partial charge in [-0.15, -0.1) is 21.5 Å². The zero-order valence-corrected chi connectivity index (χ0v) is 12.0. The summed E-state index contributed by atoms with van der Waals surface area (Å²) in [5.41, 5.74) is 4.98. The third-order valence-electron chi connectivity index (χ3n) is 3.09. The average molecular weight is 286 g/mol. The van der Waals surface area contributed by atoms with Crippen molar-refractivity contribution >= 4 is 17.0 Å². The van der Waals surface area contributed by atoms with Crippen LogP contribution in [0.25, 0.3) is 11.5 Å². The van der Waals surface area contributed by atoms with Gasteiger partial charge >= 0.3 is 0 Å². The van der Waals surface area contributed by atoms with Gasteiger partial charge in [0.15, 0.2) is 0 Å². The highest BCUT2D eigenvalue weighted by molar-refractivity contribution is 7.09. The minimum atomic E-state index is 0.208. The molecular weight excluding hydrogens is 272 g/mol. The Morgan fingerprint density at radius 1 is 1.35 bits per heavy atom. The second-order valence-corrected chi connectivity index (χ2v) is 5.46. The molecule has 0 bridgehead atoms. The molecule has 0 aliphatic heterocycles. The van der Waals surface area contributed by atoms with Gasteiger partial charge in [0.2, 0.25) is 12.3 Å². The van der Waals surface area contributed by atoms with Gasteiger partial charge in [0.05, 0.1) is 11.6 Å². The quantitative estimate of drug-likeness (QED) is 0.792. The lowest BCUT2D eigenvalue weighted by Crippen LogP contribution is -2.06. The summed E-state index contributed by atoms with van der Waals surface area (Å²) in [6.45, 7) is 4.19. The fourth-order valence-electron chi connectivity index (χ4n) is 1.95. The van der Waals surface area contributed by atoms with Crippen molar-refractivity contribution in [2.75, 3.05) is 5.32 Å². The Balaban J connectivity index is 1.87. The molecule has 0 amide bonds.